The zero-order valence-corrected chi connectivity index (χ0v) is 14.8. The number of nitrogens with two attached hydrogens (primary N) is 1. The van der Waals surface area contributed by atoms with Gasteiger partial charge in [-0.1, -0.05) is 0 Å². The van der Waals surface area contributed by atoms with E-state index in [0.717, 1.165) is 38.0 Å². The summed E-state index contributed by atoms with van der Waals surface area (Å²) in [5.74, 6) is 0.809. The summed E-state index contributed by atoms with van der Waals surface area (Å²) in [6, 6.07) is 1.44. The fraction of sp³-hybridized carbons (Fsp3) is 0.529. The zero-order valence-electron chi connectivity index (χ0n) is 14.8. The van der Waals surface area contributed by atoms with Crippen molar-refractivity contribution in [1.82, 2.24) is 24.6 Å². The Labute approximate surface area is 147 Å². The molecule has 25 heavy (non-hydrogen) atoms. The Bertz CT molecular complexity index is 736. The van der Waals surface area contributed by atoms with Crippen LogP contribution < -0.4 is 11.1 Å². The summed E-state index contributed by atoms with van der Waals surface area (Å²) in [7, 11) is 0. The monoisotopic (exact) mass is 343 g/mol. The Morgan fingerprint density at radius 2 is 2.08 bits per heavy atom. The highest BCUT2D eigenvalue weighted by molar-refractivity contribution is 5.84. The second kappa shape index (κ2) is 7.50. The van der Waals surface area contributed by atoms with Gasteiger partial charge in [0.2, 0.25) is 11.9 Å². The van der Waals surface area contributed by atoms with E-state index < -0.39 is 0 Å². The van der Waals surface area contributed by atoms with Gasteiger partial charge < -0.3 is 16.0 Å². The average Bonchev–Trinajstić information content (AvgIpc) is 3.10. The average molecular weight is 343 g/mol. The number of nitrogen functional groups attached to an aromatic ring is 1. The molecule has 3 N–H and O–H groups in total. The first-order chi connectivity index (χ1) is 12.1. The van der Waals surface area contributed by atoms with E-state index in [4.69, 9.17) is 5.73 Å². The van der Waals surface area contributed by atoms with Crippen molar-refractivity contribution in [3.8, 4) is 11.3 Å². The van der Waals surface area contributed by atoms with Gasteiger partial charge in [0, 0.05) is 37.5 Å². The van der Waals surface area contributed by atoms with Crippen molar-refractivity contribution in [3.63, 3.8) is 0 Å². The number of nitrogens with one attached hydrogen (secondary N) is 1. The number of hydrogen-bond acceptors (Lipinski definition) is 6. The summed E-state index contributed by atoms with van der Waals surface area (Å²) < 4.78 is 1.82. The third-order valence-corrected chi connectivity index (χ3v) is 4.40. The lowest BCUT2D eigenvalue weighted by molar-refractivity contribution is -0.132. The third kappa shape index (κ3) is 4.07. The molecule has 2 aromatic heterocycles. The van der Waals surface area contributed by atoms with Gasteiger partial charge in [-0.25, -0.2) is 4.98 Å². The number of nitrogens with zero attached hydrogens (tertiary/aromatic N) is 5. The van der Waals surface area contributed by atoms with Crippen LogP contribution >= 0.6 is 0 Å². The van der Waals surface area contributed by atoms with Crippen molar-refractivity contribution in [2.24, 2.45) is 0 Å². The van der Waals surface area contributed by atoms with Crippen LogP contribution in [-0.2, 0) is 11.3 Å². The minimum absolute atomic E-state index is 0.0947. The fourth-order valence-corrected chi connectivity index (χ4v) is 3.03. The largest absolute Gasteiger partial charge is 0.368 e. The van der Waals surface area contributed by atoms with E-state index in [0.29, 0.717) is 11.5 Å². The molecule has 134 valence electrons. The Balaban J connectivity index is 1.74. The maximum Gasteiger partial charge on any atom is 0.244 e. The molecule has 8 heteroatoms. The molecule has 1 amide bonds. The molecule has 1 unspecified atom stereocenters. The van der Waals surface area contributed by atoms with E-state index in [1.165, 1.54) is 6.42 Å². The van der Waals surface area contributed by atoms with Crippen molar-refractivity contribution >= 4 is 17.7 Å². The smallest absolute Gasteiger partial charge is 0.244 e. The highest BCUT2D eigenvalue weighted by Gasteiger charge is 2.22. The number of aromatic nitrogens is 4. The molecule has 3 heterocycles. The minimum Gasteiger partial charge on any atom is -0.368 e. The van der Waals surface area contributed by atoms with E-state index in [1.807, 2.05) is 29.6 Å². The third-order valence-electron chi connectivity index (χ3n) is 4.40. The van der Waals surface area contributed by atoms with Crippen molar-refractivity contribution in [1.29, 1.82) is 0 Å². The Kier molecular flexibility index (Phi) is 5.16. The predicted molar refractivity (Wildman–Crippen MR) is 96.9 cm³/mol. The van der Waals surface area contributed by atoms with Gasteiger partial charge in [-0.05, 0) is 33.1 Å². The molecule has 0 aliphatic carbocycles. The molecular weight excluding hydrogens is 318 g/mol. The van der Waals surface area contributed by atoms with E-state index >= 15 is 0 Å². The summed E-state index contributed by atoms with van der Waals surface area (Å²) in [5.41, 5.74) is 7.40. The highest BCUT2D eigenvalue weighted by atomic mass is 16.2. The molecule has 1 saturated heterocycles. The quantitative estimate of drug-likeness (QED) is 0.857. The lowest BCUT2D eigenvalue weighted by Gasteiger charge is -2.29. The fourth-order valence-electron chi connectivity index (χ4n) is 3.03. The van der Waals surface area contributed by atoms with E-state index in [-0.39, 0.29) is 17.9 Å². The molecule has 0 saturated carbocycles. The summed E-state index contributed by atoms with van der Waals surface area (Å²) in [6.45, 7) is 6.32. The molecule has 1 atom stereocenters. The van der Waals surface area contributed by atoms with Crippen LogP contribution in [0.4, 0.5) is 11.8 Å². The number of likely N-dealkylation sites (tertiary alicyclic amines) is 1. The van der Waals surface area contributed by atoms with Crippen LogP contribution in [0.2, 0.25) is 0 Å². The molecular formula is C17H25N7O. The maximum absolute atomic E-state index is 12.6. The highest BCUT2D eigenvalue weighted by Crippen LogP contribution is 2.21. The predicted octanol–water partition coefficient (Wildman–Crippen LogP) is 1.76. The zero-order chi connectivity index (χ0) is 17.8. The second-order valence-corrected chi connectivity index (χ2v) is 6.33. The summed E-state index contributed by atoms with van der Waals surface area (Å²) >= 11 is 0. The first kappa shape index (κ1) is 17.2. The minimum atomic E-state index is -0.362. The number of rotatable bonds is 5. The first-order valence-corrected chi connectivity index (χ1v) is 8.79. The molecule has 1 aliphatic heterocycles. The Hall–Kier alpha value is -2.64. The summed E-state index contributed by atoms with van der Waals surface area (Å²) in [5, 5.41) is 7.42. The van der Waals surface area contributed by atoms with E-state index in [9.17, 15) is 4.79 Å². The van der Waals surface area contributed by atoms with Gasteiger partial charge in [0.15, 0.2) is 0 Å². The SMILES string of the molecule is CCn1cc(-c2cc(NC(C)C(=O)N3CCCCC3)nc(N)n2)cn1. The molecule has 1 fully saturated rings. The van der Waals surface area contributed by atoms with Gasteiger partial charge in [-0.3, -0.25) is 9.48 Å². The van der Waals surface area contributed by atoms with Crippen LogP contribution in [0.3, 0.4) is 0 Å². The number of anilines is 2. The summed E-state index contributed by atoms with van der Waals surface area (Å²) in [4.78, 5) is 23.0. The van der Waals surface area contributed by atoms with Crippen LogP contribution in [0.15, 0.2) is 18.5 Å². The Morgan fingerprint density at radius 3 is 2.76 bits per heavy atom. The van der Waals surface area contributed by atoms with Gasteiger partial charge in [0.25, 0.3) is 0 Å². The molecule has 0 spiro atoms. The van der Waals surface area contributed by atoms with Crippen molar-refractivity contribution in [2.75, 3.05) is 24.1 Å². The molecule has 2 aromatic rings. The molecule has 0 radical (unpaired) electrons. The number of carbonyl (C=O) groups is 1. The van der Waals surface area contributed by atoms with Gasteiger partial charge in [-0.15, -0.1) is 0 Å². The van der Waals surface area contributed by atoms with Crippen LogP contribution in [-0.4, -0.2) is 49.7 Å². The van der Waals surface area contributed by atoms with Gasteiger partial charge >= 0.3 is 0 Å². The topological polar surface area (TPSA) is 102 Å². The van der Waals surface area contributed by atoms with Crippen LogP contribution in [0.1, 0.15) is 33.1 Å². The second-order valence-electron chi connectivity index (χ2n) is 6.33. The normalized spacial score (nSPS) is 15.8. The van der Waals surface area contributed by atoms with E-state index in [1.54, 1.807) is 12.3 Å². The lowest BCUT2D eigenvalue weighted by Crippen LogP contribution is -2.44. The maximum atomic E-state index is 12.6. The van der Waals surface area contributed by atoms with Crippen molar-refractivity contribution < 1.29 is 4.79 Å². The van der Waals surface area contributed by atoms with Gasteiger partial charge in [-0.2, -0.15) is 10.1 Å². The van der Waals surface area contributed by atoms with Gasteiger partial charge in [0.1, 0.15) is 11.9 Å². The number of amides is 1. The first-order valence-electron chi connectivity index (χ1n) is 8.79. The number of piperidine rings is 1. The molecule has 1 aliphatic rings. The van der Waals surface area contributed by atoms with Crippen LogP contribution in [0, 0.1) is 0 Å². The molecule has 0 aromatic carbocycles. The standard InChI is InChI=1S/C17H25N7O/c1-3-24-11-13(10-19-24)14-9-15(22-17(18)21-14)20-12(2)16(25)23-7-5-4-6-8-23/h9-12H,3-8H2,1-2H3,(H3,18,20,21,22). The van der Waals surface area contributed by atoms with Crippen molar-refractivity contribution in [2.45, 2.75) is 45.7 Å². The van der Waals surface area contributed by atoms with Crippen LogP contribution in [0.5, 0.6) is 0 Å². The lowest BCUT2D eigenvalue weighted by atomic mass is 10.1. The van der Waals surface area contributed by atoms with Crippen LogP contribution in [0.25, 0.3) is 11.3 Å². The number of hydrogen-bond donors (Lipinski definition) is 2. The molecule has 0 bridgehead atoms. The van der Waals surface area contributed by atoms with Crippen molar-refractivity contribution in [3.05, 3.63) is 18.5 Å². The molecule has 8 nitrogen and oxygen atoms in total. The Morgan fingerprint density at radius 1 is 1.32 bits per heavy atom. The van der Waals surface area contributed by atoms with E-state index in [2.05, 4.69) is 20.4 Å². The van der Waals surface area contributed by atoms with Gasteiger partial charge in [0.05, 0.1) is 11.9 Å². The summed E-state index contributed by atoms with van der Waals surface area (Å²) in [6.07, 6.45) is 7.00. The molecule has 3 rings (SSSR count). The number of aryl methyl sites for hydroxylation is 1. The number of carbonyl (C=O) groups excluding carboxylic acids is 1.